The molecule has 5 heterocycles. The van der Waals surface area contributed by atoms with Crippen molar-refractivity contribution in [2.75, 3.05) is 57.4 Å². The van der Waals surface area contributed by atoms with Gasteiger partial charge >= 0.3 is 0 Å². The number of piperazine rings is 1. The molecule has 3 aromatic rings. The summed E-state index contributed by atoms with van der Waals surface area (Å²) in [4.78, 5) is 17.6. The van der Waals surface area contributed by atoms with Crippen LogP contribution in [0.3, 0.4) is 0 Å². The third-order valence-corrected chi connectivity index (χ3v) is 7.26. The summed E-state index contributed by atoms with van der Waals surface area (Å²) in [5.41, 5.74) is 4.48. The molecule has 0 bridgehead atoms. The number of nitrogens with zero attached hydrogens (tertiary/aromatic N) is 6. The number of rotatable bonds is 6. The minimum atomic E-state index is 0.321. The molecule has 3 aliphatic rings. The van der Waals surface area contributed by atoms with Gasteiger partial charge in [-0.1, -0.05) is 12.1 Å². The van der Waals surface area contributed by atoms with Crippen LogP contribution in [-0.4, -0.2) is 76.7 Å². The van der Waals surface area contributed by atoms with E-state index >= 15 is 0 Å². The Hall–Kier alpha value is -2.48. The molecule has 3 fully saturated rings. The maximum atomic E-state index is 5.57. The van der Waals surface area contributed by atoms with E-state index in [4.69, 9.17) is 14.7 Å². The predicted molar refractivity (Wildman–Crippen MR) is 130 cm³/mol. The third-order valence-electron chi connectivity index (χ3n) is 7.26. The molecule has 2 aliphatic heterocycles. The van der Waals surface area contributed by atoms with Gasteiger partial charge < -0.3 is 9.64 Å². The highest BCUT2D eigenvalue weighted by molar-refractivity contribution is 5.53. The van der Waals surface area contributed by atoms with Crippen LogP contribution in [0.2, 0.25) is 0 Å². The highest BCUT2D eigenvalue weighted by Crippen LogP contribution is 2.35. The fourth-order valence-corrected chi connectivity index (χ4v) is 5.29. The molecule has 33 heavy (non-hydrogen) atoms. The summed E-state index contributed by atoms with van der Waals surface area (Å²) >= 11 is 0. The molecule has 1 atom stereocenters. The van der Waals surface area contributed by atoms with Crippen LogP contribution in [0.5, 0.6) is 0 Å². The van der Waals surface area contributed by atoms with Gasteiger partial charge in [-0.05, 0) is 49.9 Å². The molecule has 0 unspecified atom stereocenters. The van der Waals surface area contributed by atoms with E-state index < -0.39 is 0 Å². The van der Waals surface area contributed by atoms with Crippen LogP contribution in [-0.2, 0) is 11.3 Å². The molecule has 174 valence electrons. The molecule has 0 amide bonds. The normalized spacial score (nSPS) is 22.8. The lowest BCUT2D eigenvalue weighted by atomic mass is 10.1. The van der Waals surface area contributed by atoms with Crippen LogP contribution < -0.4 is 4.90 Å². The van der Waals surface area contributed by atoms with Crippen molar-refractivity contribution in [3.63, 3.8) is 0 Å². The number of hydrogen-bond donors (Lipinski definition) is 0. The standard InChI is InChI=1S/C26H34N6O/c1-20-4-2-5-22(27-20)17-29-10-11-31(16-21-8-9-21)24(19-29)23-18-32-25(28-23)6-3-7-26(32)30-12-14-33-15-13-30/h2-7,18,21,24H,8-17,19H2,1H3/t24-/m1/s1. The molecule has 7 heteroatoms. The Labute approximate surface area is 196 Å². The largest absolute Gasteiger partial charge is 0.378 e. The molecule has 2 saturated heterocycles. The van der Waals surface area contributed by atoms with E-state index in [9.17, 15) is 0 Å². The molecule has 0 N–H and O–H groups in total. The molecule has 1 saturated carbocycles. The lowest BCUT2D eigenvalue weighted by Crippen LogP contribution is -2.48. The molecule has 6 rings (SSSR count). The lowest BCUT2D eigenvalue weighted by Gasteiger charge is -2.40. The summed E-state index contributed by atoms with van der Waals surface area (Å²) in [6.07, 6.45) is 5.05. The summed E-state index contributed by atoms with van der Waals surface area (Å²) < 4.78 is 7.86. The van der Waals surface area contributed by atoms with E-state index in [2.05, 4.69) is 68.6 Å². The average molecular weight is 447 g/mol. The first-order valence-electron chi connectivity index (χ1n) is 12.4. The summed E-state index contributed by atoms with van der Waals surface area (Å²) in [6.45, 7) is 10.8. The summed E-state index contributed by atoms with van der Waals surface area (Å²) in [7, 11) is 0. The zero-order chi connectivity index (χ0) is 22.2. The number of ether oxygens (including phenoxy) is 1. The van der Waals surface area contributed by atoms with E-state index in [1.165, 1.54) is 30.9 Å². The molecule has 1 aliphatic carbocycles. The van der Waals surface area contributed by atoms with Crippen LogP contribution >= 0.6 is 0 Å². The van der Waals surface area contributed by atoms with Crippen molar-refractivity contribution >= 4 is 11.5 Å². The quantitative estimate of drug-likeness (QED) is 0.580. The van der Waals surface area contributed by atoms with Crippen molar-refractivity contribution in [3.8, 4) is 0 Å². The summed E-state index contributed by atoms with van der Waals surface area (Å²) in [6, 6.07) is 13.1. The minimum Gasteiger partial charge on any atom is -0.378 e. The second-order valence-electron chi connectivity index (χ2n) is 9.84. The van der Waals surface area contributed by atoms with Gasteiger partial charge in [-0.2, -0.15) is 0 Å². The van der Waals surface area contributed by atoms with Gasteiger partial charge in [-0.25, -0.2) is 4.98 Å². The van der Waals surface area contributed by atoms with E-state index in [0.717, 1.165) is 75.4 Å². The Bertz CT molecular complexity index is 1100. The van der Waals surface area contributed by atoms with Crippen molar-refractivity contribution in [1.29, 1.82) is 0 Å². The van der Waals surface area contributed by atoms with Gasteiger partial charge in [0.1, 0.15) is 11.5 Å². The van der Waals surface area contributed by atoms with Crippen LogP contribution in [0.1, 0.15) is 36.0 Å². The number of pyridine rings is 2. The average Bonchev–Trinajstić information content (AvgIpc) is 3.54. The smallest absolute Gasteiger partial charge is 0.138 e. The first kappa shape index (κ1) is 21.1. The topological polar surface area (TPSA) is 49.1 Å². The predicted octanol–water partition coefficient (Wildman–Crippen LogP) is 3.14. The van der Waals surface area contributed by atoms with Crippen molar-refractivity contribution < 1.29 is 4.74 Å². The van der Waals surface area contributed by atoms with Gasteiger partial charge in [-0.15, -0.1) is 0 Å². The number of hydrogen-bond acceptors (Lipinski definition) is 6. The minimum absolute atomic E-state index is 0.321. The Morgan fingerprint density at radius 3 is 2.64 bits per heavy atom. The number of aryl methyl sites for hydroxylation is 1. The fraction of sp³-hybridized carbons (Fsp3) is 0.538. The van der Waals surface area contributed by atoms with Crippen molar-refractivity contribution in [2.24, 2.45) is 5.92 Å². The van der Waals surface area contributed by atoms with Crippen molar-refractivity contribution in [3.05, 3.63) is 59.7 Å². The number of morpholine rings is 1. The summed E-state index contributed by atoms with van der Waals surface area (Å²) in [5, 5.41) is 0. The maximum Gasteiger partial charge on any atom is 0.138 e. The number of fused-ring (bicyclic) bond motifs is 1. The highest BCUT2D eigenvalue weighted by Gasteiger charge is 2.34. The monoisotopic (exact) mass is 446 g/mol. The fourth-order valence-electron chi connectivity index (χ4n) is 5.29. The molecule has 0 radical (unpaired) electrons. The van der Waals surface area contributed by atoms with Gasteiger partial charge in [0, 0.05) is 57.7 Å². The zero-order valence-electron chi connectivity index (χ0n) is 19.6. The van der Waals surface area contributed by atoms with Gasteiger partial charge in [0.05, 0.1) is 30.6 Å². The van der Waals surface area contributed by atoms with E-state index in [1.807, 2.05) is 0 Å². The lowest BCUT2D eigenvalue weighted by molar-refractivity contribution is 0.0633. The first-order chi connectivity index (χ1) is 16.2. The Morgan fingerprint density at radius 2 is 1.82 bits per heavy atom. The van der Waals surface area contributed by atoms with Gasteiger partial charge in [0.15, 0.2) is 0 Å². The zero-order valence-corrected chi connectivity index (χ0v) is 19.6. The number of imidazole rings is 1. The number of anilines is 1. The molecule has 7 nitrogen and oxygen atoms in total. The van der Waals surface area contributed by atoms with Crippen molar-refractivity contribution in [1.82, 2.24) is 24.2 Å². The van der Waals surface area contributed by atoms with Gasteiger partial charge in [0.2, 0.25) is 0 Å². The second kappa shape index (κ2) is 9.05. The maximum absolute atomic E-state index is 5.57. The van der Waals surface area contributed by atoms with Crippen LogP contribution in [0.4, 0.5) is 5.82 Å². The first-order valence-corrected chi connectivity index (χ1v) is 12.4. The summed E-state index contributed by atoms with van der Waals surface area (Å²) in [5.74, 6) is 2.10. The van der Waals surface area contributed by atoms with E-state index in [-0.39, 0.29) is 0 Å². The van der Waals surface area contributed by atoms with Gasteiger partial charge in [0.25, 0.3) is 0 Å². The SMILES string of the molecule is Cc1cccc(CN2CCN(CC3CC3)[C@@H](c3cn4c(N5CCOCC5)cccc4n3)C2)n1. The number of aromatic nitrogens is 3. The Morgan fingerprint density at radius 1 is 0.970 bits per heavy atom. The third kappa shape index (κ3) is 4.63. The van der Waals surface area contributed by atoms with Crippen molar-refractivity contribution in [2.45, 2.75) is 32.4 Å². The van der Waals surface area contributed by atoms with Crippen LogP contribution in [0, 0.1) is 12.8 Å². The van der Waals surface area contributed by atoms with E-state index in [0.29, 0.717) is 6.04 Å². The van der Waals surface area contributed by atoms with Crippen LogP contribution in [0.25, 0.3) is 5.65 Å². The van der Waals surface area contributed by atoms with Crippen LogP contribution in [0.15, 0.2) is 42.6 Å². The molecular weight excluding hydrogens is 412 g/mol. The highest BCUT2D eigenvalue weighted by atomic mass is 16.5. The Kier molecular flexibility index (Phi) is 5.78. The van der Waals surface area contributed by atoms with E-state index in [1.54, 1.807) is 0 Å². The molecule has 0 spiro atoms. The Balaban J connectivity index is 1.28. The molecule has 3 aromatic heterocycles. The van der Waals surface area contributed by atoms with Gasteiger partial charge in [-0.3, -0.25) is 19.2 Å². The molecule has 0 aromatic carbocycles. The molecular formula is C26H34N6O. The second-order valence-corrected chi connectivity index (χ2v) is 9.84.